The highest BCUT2D eigenvalue weighted by Crippen LogP contribution is 2.38. The number of rotatable bonds is 8. The van der Waals surface area contributed by atoms with E-state index in [4.69, 9.17) is 4.74 Å². The van der Waals surface area contributed by atoms with Crippen LogP contribution in [0.4, 0.5) is 5.00 Å². The van der Waals surface area contributed by atoms with Crippen LogP contribution in [0.3, 0.4) is 0 Å². The van der Waals surface area contributed by atoms with Crippen molar-refractivity contribution in [3.05, 3.63) is 57.7 Å². The average Bonchev–Trinajstić information content (AvgIpc) is 3.21. The largest absolute Gasteiger partial charge is 0.452 e. The number of hydrogen-bond acceptors (Lipinski definition) is 6. The van der Waals surface area contributed by atoms with Crippen LogP contribution in [0.15, 0.2) is 36.2 Å². The number of anilines is 1. The normalized spacial score (nSPS) is 15.2. The lowest BCUT2D eigenvalue weighted by Crippen LogP contribution is -2.30. The van der Waals surface area contributed by atoms with Crippen LogP contribution in [0.1, 0.15) is 76.1 Å². The zero-order valence-corrected chi connectivity index (χ0v) is 19.5. The van der Waals surface area contributed by atoms with Crippen molar-refractivity contribution in [2.24, 2.45) is 0 Å². The number of allylic oxidation sites excluding steroid dienone is 1. The fourth-order valence-electron chi connectivity index (χ4n) is 4.29. The SMILES string of the molecule is O=C(COC(=O)c1c(NC(=O)c2cccnc2)sc2c1CCCC2)NCCC1=CCCCC1. The molecular formula is C25H29N3O4S. The Labute approximate surface area is 197 Å². The van der Waals surface area contributed by atoms with E-state index in [2.05, 4.69) is 21.7 Å². The van der Waals surface area contributed by atoms with E-state index in [0.29, 0.717) is 22.7 Å². The van der Waals surface area contributed by atoms with Crippen LogP contribution < -0.4 is 10.6 Å². The van der Waals surface area contributed by atoms with Crippen LogP contribution in [0.25, 0.3) is 0 Å². The first-order chi connectivity index (χ1) is 16.1. The molecule has 2 aliphatic carbocycles. The van der Waals surface area contributed by atoms with Gasteiger partial charge >= 0.3 is 5.97 Å². The predicted octanol–water partition coefficient (Wildman–Crippen LogP) is 4.44. The van der Waals surface area contributed by atoms with Gasteiger partial charge in [0, 0.05) is 23.8 Å². The van der Waals surface area contributed by atoms with Crippen LogP contribution in [-0.2, 0) is 22.4 Å². The van der Waals surface area contributed by atoms with E-state index in [-0.39, 0.29) is 18.4 Å². The first-order valence-electron chi connectivity index (χ1n) is 11.6. The Bertz CT molecular complexity index is 1050. The maximum absolute atomic E-state index is 13.0. The number of nitrogens with one attached hydrogen (secondary N) is 2. The minimum Gasteiger partial charge on any atom is -0.452 e. The number of carbonyl (C=O) groups excluding carboxylic acids is 3. The second-order valence-electron chi connectivity index (χ2n) is 8.40. The van der Waals surface area contributed by atoms with Crippen molar-refractivity contribution >= 4 is 34.1 Å². The summed E-state index contributed by atoms with van der Waals surface area (Å²) < 4.78 is 5.36. The summed E-state index contributed by atoms with van der Waals surface area (Å²) in [5.74, 6) is -1.21. The number of fused-ring (bicyclic) bond motifs is 1. The summed E-state index contributed by atoms with van der Waals surface area (Å²) >= 11 is 1.42. The average molecular weight is 468 g/mol. The molecule has 0 saturated heterocycles. The summed E-state index contributed by atoms with van der Waals surface area (Å²) in [5, 5.41) is 6.16. The first kappa shape index (κ1) is 23.2. The smallest absolute Gasteiger partial charge is 0.341 e. The number of pyridine rings is 1. The number of ether oxygens (including phenoxy) is 1. The third-order valence-electron chi connectivity index (χ3n) is 6.01. The lowest BCUT2D eigenvalue weighted by Gasteiger charge is -2.14. The molecule has 0 saturated carbocycles. The van der Waals surface area contributed by atoms with E-state index in [1.165, 1.54) is 35.9 Å². The van der Waals surface area contributed by atoms with Crippen molar-refractivity contribution < 1.29 is 19.1 Å². The summed E-state index contributed by atoms with van der Waals surface area (Å²) in [7, 11) is 0. The zero-order valence-electron chi connectivity index (χ0n) is 18.7. The van der Waals surface area contributed by atoms with Gasteiger partial charge in [-0.05, 0) is 75.5 Å². The van der Waals surface area contributed by atoms with Gasteiger partial charge in [0.2, 0.25) is 0 Å². The molecule has 2 aromatic heterocycles. The number of aromatic nitrogens is 1. The number of hydrogen-bond donors (Lipinski definition) is 2. The molecule has 8 heteroatoms. The molecule has 0 atom stereocenters. The third kappa shape index (κ3) is 6.07. The quantitative estimate of drug-likeness (QED) is 0.442. The summed E-state index contributed by atoms with van der Waals surface area (Å²) in [5.41, 5.74) is 3.11. The molecular weight excluding hydrogens is 438 g/mol. The first-order valence-corrected chi connectivity index (χ1v) is 12.4. The molecule has 0 radical (unpaired) electrons. The third-order valence-corrected chi connectivity index (χ3v) is 7.22. The highest BCUT2D eigenvalue weighted by molar-refractivity contribution is 7.17. The molecule has 4 rings (SSSR count). The van der Waals surface area contributed by atoms with Gasteiger partial charge in [-0.2, -0.15) is 0 Å². The number of nitrogens with zero attached hydrogens (tertiary/aromatic N) is 1. The van der Waals surface area contributed by atoms with Crippen LogP contribution in [0.2, 0.25) is 0 Å². The fourth-order valence-corrected chi connectivity index (χ4v) is 5.56. The Morgan fingerprint density at radius 1 is 1.09 bits per heavy atom. The van der Waals surface area contributed by atoms with Gasteiger partial charge in [0.1, 0.15) is 5.00 Å². The molecule has 174 valence electrons. The lowest BCUT2D eigenvalue weighted by atomic mass is 9.95. The predicted molar refractivity (Wildman–Crippen MR) is 128 cm³/mol. The van der Waals surface area contributed by atoms with Crippen molar-refractivity contribution in [3.63, 3.8) is 0 Å². The standard InChI is InChI=1S/C25H29N3O4S/c29-21(27-14-12-17-7-2-1-3-8-17)16-32-25(31)22-19-10-4-5-11-20(19)33-24(22)28-23(30)18-9-6-13-26-15-18/h6-7,9,13,15H,1-5,8,10-12,14,16H2,(H,27,29)(H,28,30). The van der Waals surface area contributed by atoms with Crippen molar-refractivity contribution in [2.45, 2.75) is 57.8 Å². The number of thiophene rings is 1. The molecule has 2 aromatic rings. The number of esters is 1. The molecule has 2 heterocycles. The van der Waals surface area contributed by atoms with Crippen LogP contribution in [0, 0.1) is 0 Å². The maximum Gasteiger partial charge on any atom is 0.341 e. The summed E-state index contributed by atoms with van der Waals surface area (Å²) in [6.45, 7) is 0.209. The molecule has 0 spiro atoms. The van der Waals surface area contributed by atoms with Gasteiger partial charge in [-0.15, -0.1) is 11.3 Å². The molecule has 0 unspecified atom stereocenters. The Balaban J connectivity index is 1.37. The molecule has 33 heavy (non-hydrogen) atoms. The molecule has 7 nitrogen and oxygen atoms in total. The van der Waals surface area contributed by atoms with Crippen molar-refractivity contribution in [1.29, 1.82) is 0 Å². The van der Waals surface area contributed by atoms with Crippen LogP contribution >= 0.6 is 11.3 Å². The highest BCUT2D eigenvalue weighted by atomic mass is 32.1. The molecule has 0 bridgehead atoms. The molecule has 2 N–H and O–H groups in total. The Morgan fingerprint density at radius 3 is 2.73 bits per heavy atom. The van der Waals surface area contributed by atoms with E-state index in [1.807, 2.05) is 0 Å². The highest BCUT2D eigenvalue weighted by Gasteiger charge is 2.28. The summed E-state index contributed by atoms with van der Waals surface area (Å²) in [6, 6.07) is 3.36. The summed E-state index contributed by atoms with van der Waals surface area (Å²) in [4.78, 5) is 42.9. The van der Waals surface area contributed by atoms with E-state index >= 15 is 0 Å². The topological polar surface area (TPSA) is 97.4 Å². The second kappa shape index (κ2) is 11.2. The Morgan fingerprint density at radius 2 is 1.94 bits per heavy atom. The van der Waals surface area contributed by atoms with Gasteiger partial charge < -0.3 is 15.4 Å². The molecule has 0 aromatic carbocycles. The van der Waals surface area contributed by atoms with Gasteiger partial charge in [0.25, 0.3) is 11.8 Å². The second-order valence-corrected chi connectivity index (χ2v) is 9.50. The van der Waals surface area contributed by atoms with Gasteiger partial charge in [0.15, 0.2) is 6.61 Å². The van der Waals surface area contributed by atoms with Gasteiger partial charge in [-0.1, -0.05) is 11.6 Å². The fraction of sp³-hybridized carbons (Fsp3) is 0.440. The van der Waals surface area contributed by atoms with Gasteiger partial charge in [0.05, 0.1) is 11.1 Å². The Hall–Kier alpha value is -3.00. The van der Waals surface area contributed by atoms with E-state index < -0.39 is 5.97 Å². The molecule has 0 fully saturated rings. The van der Waals surface area contributed by atoms with Crippen LogP contribution in [-0.4, -0.2) is 35.9 Å². The number of aryl methyl sites for hydroxylation is 1. The van der Waals surface area contributed by atoms with E-state index in [9.17, 15) is 14.4 Å². The number of amides is 2. The van der Waals surface area contributed by atoms with Crippen molar-refractivity contribution in [1.82, 2.24) is 10.3 Å². The summed E-state index contributed by atoms with van der Waals surface area (Å²) in [6.07, 6.45) is 14.5. The van der Waals surface area contributed by atoms with Gasteiger partial charge in [-0.25, -0.2) is 4.79 Å². The monoisotopic (exact) mass is 467 g/mol. The minimum absolute atomic E-state index is 0.315. The van der Waals surface area contributed by atoms with E-state index in [0.717, 1.165) is 55.4 Å². The molecule has 2 aliphatic rings. The molecule has 0 aliphatic heterocycles. The van der Waals surface area contributed by atoms with Crippen LogP contribution in [0.5, 0.6) is 0 Å². The zero-order chi connectivity index (χ0) is 23.0. The molecule has 2 amide bonds. The van der Waals surface area contributed by atoms with Crippen molar-refractivity contribution in [3.8, 4) is 0 Å². The van der Waals surface area contributed by atoms with E-state index in [1.54, 1.807) is 18.3 Å². The minimum atomic E-state index is -0.568. The Kier molecular flexibility index (Phi) is 7.88. The maximum atomic E-state index is 13.0. The lowest BCUT2D eigenvalue weighted by molar-refractivity contribution is -0.124. The van der Waals surface area contributed by atoms with Gasteiger partial charge in [-0.3, -0.25) is 14.6 Å². The number of carbonyl (C=O) groups is 3. The van der Waals surface area contributed by atoms with Crippen molar-refractivity contribution in [2.75, 3.05) is 18.5 Å².